The van der Waals surface area contributed by atoms with Crippen molar-refractivity contribution >= 4 is 11.6 Å². The highest BCUT2D eigenvalue weighted by molar-refractivity contribution is 5.86. The van der Waals surface area contributed by atoms with Gasteiger partial charge in [-0.25, -0.2) is 0 Å². The molecule has 1 rings (SSSR count). The molecular weight excluding hydrogens is 204 g/mol. The van der Waals surface area contributed by atoms with Gasteiger partial charge in [0.05, 0.1) is 7.11 Å². The number of ketones is 2. The van der Waals surface area contributed by atoms with Gasteiger partial charge in [0.15, 0.2) is 0 Å². The lowest BCUT2D eigenvalue weighted by atomic mass is 10.0. The summed E-state index contributed by atoms with van der Waals surface area (Å²) in [5, 5.41) is 0. The van der Waals surface area contributed by atoms with Crippen LogP contribution >= 0.6 is 0 Å². The maximum Gasteiger partial charge on any atom is 0.137 e. The molecule has 0 unspecified atom stereocenters. The van der Waals surface area contributed by atoms with E-state index in [0.717, 1.165) is 11.3 Å². The average Bonchev–Trinajstić information content (AvgIpc) is 2.27. The van der Waals surface area contributed by atoms with Crippen molar-refractivity contribution in [1.29, 1.82) is 0 Å². The quantitative estimate of drug-likeness (QED) is 0.738. The Labute approximate surface area is 95.4 Å². The van der Waals surface area contributed by atoms with Crippen molar-refractivity contribution in [2.24, 2.45) is 0 Å². The topological polar surface area (TPSA) is 43.4 Å². The molecule has 0 aromatic heterocycles. The van der Waals surface area contributed by atoms with Gasteiger partial charge in [-0.05, 0) is 24.6 Å². The number of ether oxygens (including phenoxy) is 1. The summed E-state index contributed by atoms with van der Waals surface area (Å²) >= 11 is 0. The van der Waals surface area contributed by atoms with Crippen molar-refractivity contribution in [2.45, 2.75) is 26.2 Å². The molecule has 86 valence electrons. The van der Waals surface area contributed by atoms with Crippen molar-refractivity contribution < 1.29 is 14.3 Å². The van der Waals surface area contributed by atoms with E-state index in [-0.39, 0.29) is 11.6 Å². The van der Waals surface area contributed by atoms with Crippen LogP contribution in [0.3, 0.4) is 0 Å². The molecule has 0 aliphatic heterocycles. The number of rotatable bonds is 6. The first kappa shape index (κ1) is 12.4. The van der Waals surface area contributed by atoms with Gasteiger partial charge in [0, 0.05) is 19.3 Å². The van der Waals surface area contributed by atoms with E-state index in [1.807, 2.05) is 24.3 Å². The van der Waals surface area contributed by atoms with Gasteiger partial charge >= 0.3 is 0 Å². The zero-order valence-corrected chi connectivity index (χ0v) is 9.66. The molecule has 3 heteroatoms. The highest BCUT2D eigenvalue weighted by Gasteiger charge is 2.05. The second-order valence-electron chi connectivity index (χ2n) is 3.77. The van der Waals surface area contributed by atoms with Crippen molar-refractivity contribution in [2.75, 3.05) is 7.11 Å². The number of carbonyl (C=O) groups excluding carboxylic acids is 2. The van der Waals surface area contributed by atoms with Gasteiger partial charge in [-0.3, -0.25) is 4.79 Å². The Hall–Kier alpha value is -1.64. The molecule has 3 nitrogen and oxygen atoms in total. The molecule has 1 aromatic carbocycles. The van der Waals surface area contributed by atoms with Crippen molar-refractivity contribution in [3.8, 4) is 5.75 Å². The van der Waals surface area contributed by atoms with E-state index in [0.29, 0.717) is 19.3 Å². The second-order valence-corrected chi connectivity index (χ2v) is 3.77. The number of Topliss-reactive ketones (excluding diaryl/α,β-unsaturated/α-hetero) is 2. The molecule has 0 aliphatic rings. The van der Waals surface area contributed by atoms with Crippen LogP contribution in [0.25, 0.3) is 0 Å². The van der Waals surface area contributed by atoms with Crippen LogP contribution in [-0.4, -0.2) is 18.7 Å². The van der Waals surface area contributed by atoms with Crippen LogP contribution in [0.2, 0.25) is 0 Å². The minimum atomic E-state index is 0.0584. The van der Waals surface area contributed by atoms with Crippen LogP contribution in [0.15, 0.2) is 24.3 Å². The molecule has 16 heavy (non-hydrogen) atoms. The summed E-state index contributed by atoms with van der Waals surface area (Å²) in [5.41, 5.74) is 0.953. The maximum atomic E-state index is 11.5. The van der Waals surface area contributed by atoms with Crippen LogP contribution in [0.5, 0.6) is 5.75 Å². The zero-order valence-electron chi connectivity index (χ0n) is 9.66. The van der Waals surface area contributed by atoms with Crippen molar-refractivity contribution in [3.63, 3.8) is 0 Å². The normalized spacial score (nSPS) is 9.88. The van der Waals surface area contributed by atoms with Gasteiger partial charge in [-0.2, -0.15) is 0 Å². The molecule has 0 aliphatic carbocycles. The Morgan fingerprint density at radius 3 is 2.25 bits per heavy atom. The monoisotopic (exact) mass is 220 g/mol. The van der Waals surface area contributed by atoms with Gasteiger partial charge in [-0.1, -0.05) is 12.1 Å². The lowest BCUT2D eigenvalue weighted by molar-refractivity contribution is -0.122. The van der Waals surface area contributed by atoms with Gasteiger partial charge in [0.25, 0.3) is 0 Å². The van der Waals surface area contributed by atoms with Gasteiger partial charge in [0.1, 0.15) is 17.3 Å². The lowest BCUT2D eigenvalue weighted by Gasteiger charge is -2.02. The highest BCUT2D eigenvalue weighted by atomic mass is 16.5. The number of carbonyl (C=O) groups is 2. The summed E-state index contributed by atoms with van der Waals surface area (Å²) in [6, 6.07) is 7.39. The van der Waals surface area contributed by atoms with E-state index in [2.05, 4.69) is 0 Å². The van der Waals surface area contributed by atoms with Crippen molar-refractivity contribution in [1.82, 2.24) is 0 Å². The van der Waals surface area contributed by atoms with Gasteiger partial charge in [0.2, 0.25) is 0 Å². The predicted molar refractivity (Wildman–Crippen MR) is 61.6 cm³/mol. The van der Waals surface area contributed by atoms with E-state index in [9.17, 15) is 9.59 Å². The summed E-state index contributed by atoms with van der Waals surface area (Å²) in [7, 11) is 1.60. The second kappa shape index (κ2) is 6.05. The Kier molecular flexibility index (Phi) is 4.70. The number of hydrogen-bond acceptors (Lipinski definition) is 3. The third kappa shape index (κ3) is 4.26. The fourth-order valence-corrected chi connectivity index (χ4v) is 1.37. The van der Waals surface area contributed by atoms with E-state index < -0.39 is 0 Å². The molecule has 0 saturated carbocycles. The summed E-state index contributed by atoms with van der Waals surface area (Å²) < 4.78 is 5.02. The third-order valence-corrected chi connectivity index (χ3v) is 2.32. The zero-order chi connectivity index (χ0) is 12.0. The van der Waals surface area contributed by atoms with E-state index in [1.54, 1.807) is 7.11 Å². The van der Waals surface area contributed by atoms with Crippen LogP contribution in [-0.2, 0) is 16.0 Å². The summed E-state index contributed by atoms with van der Waals surface area (Å²) in [5.74, 6) is 0.934. The fourth-order valence-electron chi connectivity index (χ4n) is 1.37. The van der Waals surface area contributed by atoms with Gasteiger partial charge < -0.3 is 9.53 Å². The summed E-state index contributed by atoms with van der Waals surface area (Å²) in [6.45, 7) is 1.50. The molecule has 0 fully saturated rings. The minimum Gasteiger partial charge on any atom is -0.497 e. The Morgan fingerprint density at radius 2 is 1.75 bits per heavy atom. The first-order valence-corrected chi connectivity index (χ1v) is 5.26. The number of hydrogen-bond donors (Lipinski definition) is 0. The predicted octanol–water partition coefficient (Wildman–Crippen LogP) is 2.18. The molecule has 0 spiro atoms. The highest BCUT2D eigenvalue weighted by Crippen LogP contribution is 2.12. The van der Waals surface area contributed by atoms with E-state index in [4.69, 9.17) is 4.74 Å². The molecule has 0 atom stereocenters. The SMILES string of the molecule is COc1ccc(CC(=O)CCC(C)=O)cc1. The molecule has 1 aromatic rings. The van der Waals surface area contributed by atoms with Gasteiger partial charge in [-0.15, -0.1) is 0 Å². The molecule has 0 heterocycles. The third-order valence-electron chi connectivity index (χ3n) is 2.32. The van der Waals surface area contributed by atoms with Crippen molar-refractivity contribution in [3.05, 3.63) is 29.8 Å². The molecule has 0 amide bonds. The molecule has 0 bridgehead atoms. The van der Waals surface area contributed by atoms with E-state index in [1.165, 1.54) is 6.92 Å². The largest absolute Gasteiger partial charge is 0.497 e. The van der Waals surface area contributed by atoms with Crippen LogP contribution in [0, 0.1) is 0 Å². The smallest absolute Gasteiger partial charge is 0.137 e. The average molecular weight is 220 g/mol. The summed E-state index contributed by atoms with van der Waals surface area (Å²) in [6.07, 6.45) is 1.06. The molecular formula is C13H16O3. The Bertz CT molecular complexity index is 365. The minimum absolute atomic E-state index is 0.0584. The Balaban J connectivity index is 2.46. The molecule has 0 saturated heterocycles. The standard InChI is InChI=1S/C13H16O3/c1-10(14)3-6-12(15)9-11-4-7-13(16-2)8-5-11/h4-5,7-8H,3,6,9H2,1-2H3. The van der Waals surface area contributed by atoms with Crippen LogP contribution in [0.4, 0.5) is 0 Å². The Morgan fingerprint density at radius 1 is 1.12 bits per heavy atom. The van der Waals surface area contributed by atoms with Crippen LogP contribution < -0.4 is 4.74 Å². The molecule has 0 radical (unpaired) electrons. The van der Waals surface area contributed by atoms with Crippen LogP contribution in [0.1, 0.15) is 25.3 Å². The maximum absolute atomic E-state index is 11.5. The number of benzene rings is 1. The number of methoxy groups -OCH3 is 1. The lowest BCUT2D eigenvalue weighted by Crippen LogP contribution is -2.04. The summed E-state index contributed by atoms with van der Waals surface area (Å²) in [4.78, 5) is 22.2. The van der Waals surface area contributed by atoms with E-state index >= 15 is 0 Å². The first-order chi connectivity index (χ1) is 7.61. The fraction of sp³-hybridized carbons (Fsp3) is 0.385. The molecule has 0 N–H and O–H groups in total. The first-order valence-electron chi connectivity index (χ1n) is 5.26.